The summed E-state index contributed by atoms with van der Waals surface area (Å²) < 4.78 is 0. The molecule has 6 atom stereocenters. The van der Waals surface area contributed by atoms with E-state index in [1.807, 2.05) is 30.3 Å². The molecule has 5 aliphatic rings. The van der Waals surface area contributed by atoms with Gasteiger partial charge in [0, 0.05) is 11.8 Å². The predicted octanol–water partition coefficient (Wildman–Crippen LogP) is 4.11. The van der Waals surface area contributed by atoms with Crippen LogP contribution in [0.15, 0.2) is 52.6 Å². The first-order chi connectivity index (χ1) is 12.6. The van der Waals surface area contributed by atoms with Gasteiger partial charge < -0.3 is 0 Å². The minimum Gasteiger partial charge on any atom is -0.274 e. The number of allylic oxidation sites excluding steroid dienone is 4. The number of carbonyl (C=O) groups excluding carboxylic acids is 2. The minimum atomic E-state index is -0.157. The monoisotopic (exact) mass is 345 g/mol. The minimum absolute atomic E-state index is 0.0340. The molecule has 0 N–H and O–H groups in total. The molecule has 3 fully saturated rings. The van der Waals surface area contributed by atoms with Gasteiger partial charge in [0.15, 0.2) is 0 Å². The molecule has 26 heavy (non-hydrogen) atoms. The first-order valence-corrected chi connectivity index (χ1v) is 9.93. The van der Waals surface area contributed by atoms with E-state index in [2.05, 4.69) is 13.8 Å². The van der Waals surface area contributed by atoms with Gasteiger partial charge in [-0.1, -0.05) is 40.5 Å². The quantitative estimate of drug-likeness (QED) is 0.436. The average Bonchev–Trinajstić information content (AvgIpc) is 3.40. The zero-order valence-electron chi connectivity index (χ0n) is 15.2. The van der Waals surface area contributed by atoms with Gasteiger partial charge in [-0.2, -0.15) is 0 Å². The summed E-state index contributed by atoms with van der Waals surface area (Å²) in [4.78, 5) is 28.3. The molecule has 6 unspecified atom stereocenters. The summed E-state index contributed by atoms with van der Waals surface area (Å²) in [6.45, 7) is 4.34. The molecule has 2 saturated carbocycles. The summed E-state index contributed by atoms with van der Waals surface area (Å²) in [5, 5.41) is 0. The smallest absolute Gasteiger partial charge is 0.238 e. The molecule has 132 valence electrons. The highest BCUT2D eigenvalue weighted by atomic mass is 16.2. The number of carbonyl (C=O) groups is 2. The molecule has 0 spiro atoms. The predicted molar refractivity (Wildman–Crippen MR) is 99.1 cm³/mol. The van der Waals surface area contributed by atoms with Crippen LogP contribution < -0.4 is 4.90 Å². The number of anilines is 1. The third-order valence-corrected chi connectivity index (χ3v) is 7.69. The van der Waals surface area contributed by atoms with Crippen LogP contribution in [0.4, 0.5) is 5.69 Å². The van der Waals surface area contributed by atoms with Crippen LogP contribution in [-0.2, 0) is 9.59 Å². The second kappa shape index (κ2) is 4.76. The summed E-state index contributed by atoms with van der Waals surface area (Å²) >= 11 is 0. The number of hydrogen-bond donors (Lipinski definition) is 0. The molecule has 1 heterocycles. The number of nitrogens with zero attached hydrogens (tertiary/aromatic N) is 1. The largest absolute Gasteiger partial charge is 0.274 e. The van der Waals surface area contributed by atoms with Crippen molar-refractivity contribution in [3.05, 3.63) is 52.6 Å². The van der Waals surface area contributed by atoms with Gasteiger partial charge in [-0.05, 0) is 57.1 Å². The molecule has 4 bridgehead atoms. The molecule has 3 heteroatoms. The van der Waals surface area contributed by atoms with E-state index in [-0.39, 0.29) is 35.5 Å². The molecule has 3 nitrogen and oxygen atoms in total. The Labute approximate surface area is 153 Å². The van der Waals surface area contributed by atoms with Crippen molar-refractivity contribution >= 4 is 17.5 Å². The Hall–Kier alpha value is -2.16. The summed E-state index contributed by atoms with van der Waals surface area (Å²) in [6, 6.07) is 9.49. The number of amides is 2. The van der Waals surface area contributed by atoms with Gasteiger partial charge in [0.05, 0.1) is 17.5 Å². The van der Waals surface area contributed by atoms with Crippen LogP contribution in [0.3, 0.4) is 0 Å². The molecular formula is C23H23NO2. The van der Waals surface area contributed by atoms with E-state index in [0.29, 0.717) is 11.8 Å². The fourth-order valence-corrected chi connectivity index (χ4v) is 7.05. The lowest BCUT2D eigenvalue weighted by molar-refractivity contribution is -0.123. The Morgan fingerprint density at radius 1 is 0.885 bits per heavy atom. The Morgan fingerprint density at radius 2 is 1.42 bits per heavy atom. The van der Waals surface area contributed by atoms with E-state index in [0.717, 1.165) is 5.69 Å². The summed E-state index contributed by atoms with van der Waals surface area (Å²) in [6.07, 6.45) is 3.84. The van der Waals surface area contributed by atoms with Crippen molar-refractivity contribution in [2.45, 2.75) is 33.1 Å². The lowest BCUT2D eigenvalue weighted by atomic mass is 9.72. The van der Waals surface area contributed by atoms with E-state index in [1.165, 1.54) is 35.3 Å². The van der Waals surface area contributed by atoms with E-state index in [1.54, 1.807) is 11.1 Å². The molecule has 0 radical (unpaired) electrons. The van der Waals surface area contributed by atoms with E-state index in [9.17, 15) is 9.59 Å². The highest BCUT2D eigenvalue weighted by molar-refractivity contribution is 6.23. The molecule has 1 aromatic carbocycles. The van der Waals surface area contributed by atoms with Gasteiger partial charge in [0.1, 0.15) is 0 Å². The van der Waals surface area contributed by atoms with Crippen LogP contribution in [0.1, 0.15) is 33.1 Å². The molecule has 2 amide bonds. The van der Waals surface area contributed by atoms with Crippen molar-refractivity contribution in [2.75, 3.05) is 4.90 Å². The van der Waals surface area contributed by atoms with Gasteiger partial charge >= 0.3 is 0 Å². The third kappa shape index (κ3) is 1.53. The topological polar surface area (TPSA) is 37.4 Å². The van der Waals surface area contributed by atoms with E-state index in [4.69, 9.17) is 0 Å². The molecule has 6 rings (SSSR count). The van der Waals surface area contributed by atoms with Crippen molar-refractivity contribution < 1.29 is 9.59 Å². The van der Waals surface area contributed by atoms with Crippen LogP contribution >= 0.6 is 0 Å². The lowest BCUT2D eigenvalue weighted by Gasteiger charge is -2.28. The number of hydrogen-bond acceptors (Lipinski definition) is 2. The standard InChI is InChI=1S/C23H23NO2/c1-11(2)15-18-16-12-8-9-13(10-12)17(16)19(15)21-20(18)22(25)24(23(21)26)14-6-4-3-5-7-14/h3-7,12-13,18-21H,8-10H2,1-2H3. The molecule has 1 saturated heterocycles. The van der Waals surface area contributed by atoms with Crippen molar-refractivity contribution in [3.63, 3.8) is 0 Å². The van der Waals surface area contributed by atoms with E-state index >= 15 is 0 Å². The Morgan fingerprint density at radius 3 is 1.92 bits per heavy atom. The number of imide groups is 1. The highest BCUT2D eigenvalue weighted by Crippen LogP contribution is 2.70. The fourth-order valence-electron chi connectivity index (χ4n) is 7.05. The van der Waals surface area contributed by atoms with Crippen LogP contribution in [0.25, 0.3) is 0 Å². The van der Waals surface area contributed by atoms with Gasteiger partial charge in [0.25, 0.3) is 0 Å². The molecule has 0 aromatic heterocycles. The second-order valence-electron chi connectivity index (χ2n) is 8.93. The van der Waals surface area contributed by atoms with Gasteiger partial charge in [-0.3, -0.25) is 9.59 Å². The zero-order valence-corrected chi connectivity index (χ0v) is 15.2. The van der Waals surface area contributed by atoms with Crippen LogP contribution in [-0.4, -0.2) is 11.8 Å². The van der Waals surface area contributed by atoms with Gasteiger partial charge in [0.2, 0.25) is 11.8 Å². The lowest BCUT2D eigenvalue weighted by Crippen LogP contribution is -2.33. The van der Waals surface area contributed by atoms with Gasteiger partial charge in [-0.15, -0.1) is 0 Å². The van der Waals surface area contributed by atoms with Crippen LogP contribution in [0.5, 0.6) is 0 Å². The van der Waals surface area contributed by atoms with Crippen molar-refractivity contribution in [2.24, 2.45) is 35.5 Å². The summed E-state index contributed by atoms with van der Waals surface area (Å²) in [5.41, 5.74) is 6.66. The molecule has 1 aromatic rings. The Kier molecular flexibility index (Phi) is 2.74. The zero-order chi connectivity index (χ0) is 17.7. The first kappa shape index (κ1) is 15.0. The Bertz CT molecular complexity index is 873. The van der Waals surface area contributed by atoms with E-state index < -0.39 is 0 Å². The van der Waals surface area contributed by atoms with Crippen molar-refractivity contribution in [1.82, 2.24) is 0 Å². The molecular weight excluding hydrogens is 322 g/mol. The van der Waals surface area contributed by atoms with Crippen molar-refractivity contribution in [1.29, 1.82) is 0 Å². The average molecular weight is 345 g/mol. The maximum Gasteiger partial charge on any atom is 0.238 e. The molecule has 1 aliphatic heterocycles. The maximum absolute atomic E-state index is 13.4. The summed E-state index contributed by atoms with van der Waals surface area (Å²) in [7, 11) is 0. The second-order valence-corrected chi connectivity index (χ2v) is 8.93. The van der Waals surface area contributed by atoms with Gasteiger partial charge in [-0.25, -0.2) is 4.90 Å². The Balaban J connectivity index is 1.51. The van der Waals surface area contributed by atoms with Crippen molar-refractivity contribution in [3.8, 4) is 0 Å². The number of benzene rings is 1. The fraction of sp³-hybridized carbons (Fsp3) is 0.478. The number of fused-ring (bicyclic) bond motifs is 11. The maximum atomic E-state index is 13.4. The third-order valence-electron chi connectivity index (χ3n) is 7.69. The number of para-hydroxylation sites is 1. The number of rotatable bonds is 1. The first-order valence-electron chi connectivity index (χ1n) is 9.93. The van der Waals surface area contributed by atoms with Crippen LogP contribution in [0.2, 0.25) is 0 Å². The summed E-state index contributed by atoms with van der Waals surface area (Å²) in [5.74, 6) is 1.53. The molecule has 4 aliphatic carbocycles. The van der Waals surface area contributed by atoms with Crippen LogP contribution in [0, 0.1) is 35.5 Å². The SMILES string of the molecule is CC(C)=C1C2C3=C(C4CCC3C4)C1C1C(=O)N(c3ccccc3)C(=O)C21. The highest BCUT2D eigenvalue weighted by Gasteiger charge is 2.69. The normalized spacial score (nSPS) is 39.3.